The van der Waals surface area contributed by atoms with Crippen molar-refractivity contribution in [3.05, 3.63) is 59.7 Å². The van der Waals surface area contributed by atoms with Crippen LogP contribution in [0.1, 0.15) is 56.6 Å². The molecule has 1 aliphatic rings. The summed E-state index contributed by atoms with van der Waals surface area (Å²) in [6, 6.07) is 14.6. The van der Waals surface area contributed by atoms with Crippen molar-refractivity contribution in [3.63, 3.8) is 0 Å². The van der Waals surface area contributed by atoms with Gasteiger partial charge in [0.15, 0.2) is 0 Å². The molecule has 2 amide bonds. The molecule has 0 spiro atoms. The second kappa shape index (κ2) is 11.9. The summed E-state index contributed by atoms with van der Waals surface area (Å²) in [5, 5.41) is 14.4. The zero-order valence-electron chi connectivity index (χ0n) is 19.5. The molecule has 7 heteroatoms. The fourth-order valence-electron chi connectivity index (χ4n) is 4.28. The number of aliphatic carboxylic acids is 1. The summed E-state index contributed by atoms with van der Waals surface area (Å²) < 4.78 is 5.54. The van der Waals surface area contributed by atoms with Crippen LogP contribution in [0.15, 0.2) is 48.5 Å². The number of rotatable bonds is 10. The number of fused-ring (bicyclic) bond motifs is 3. The number of carboxylic acid groups (broad SMARTS) is 1. The molecule has 2 aromatic carbocycles. The molecule has 2 aromatic rings. The molecule has 1 aliphatic carbocycles. The first kappa shape index (κ1) is 24.8. The number of benzene rings is 2. The standard InChI is InChI=1S/C27H30N2O5/c1-3-5-15-24(26(32)28-18(10-4-2)16-25(30)31)29-27(33)34-17-23-21-13-8-6-11-19(21)20-12-7-9-14-22(20)23/h6-9,11-14,18,23-24H,4,10,15-17H2,1-2H3,(H,28,32)(H,29,33)(H,30,31)/t18-,24?/m1/s1. The summed E-state index contributed by atoms with van der Waals surface area (Å²) in [6.45, 7) is 3.69. The van der Waals surface area contributed by atoms with Gasteiger partial charge in [0.25, 0.3) is 0 Å². The summed E-state index contributed by atoms with van der Waals surface area (Å²) in [5.74, 6) is 3.97. The van der Waals surface area contributed by atoms with Crippen LogP contribution in [0.4, 0.5) is 4.79 Å². The van der Waals surface area contributed by atoms with E-state index < -0.39 is 30.1 Å². The molecule has 7 nitrogen and oxygen atoms in total. The van der Waals surface area contributed by atoms with Crippen molar-refractivity contribution >= 4 is 18.0 Å². The Morgan fingerprint density at radius 2 is 1.65 bits per heavy atom. The highest BCUT2D eigenvalue weighted by Gasteiger charge is 2.30. The largest absolute Gasteiger partial charge is 0.481 e. The van der Waals surface area contributed by atoms with Gasteiger partial charge in [-0.3, -0.25) is 9.59 Å². The van der Waals surface area contributed by atoms with Gasteiger partial charge < -0.3 is 20.5 Å². The Balaban J connectivity index is 1.65. The molecule has 3 rings (SSSR count). The normalized spacial score (nSPS) is 13.5. The molecule has 3 N–H and O–H groups in total. The van der Waals surface area contributed by atoms with Gasteiger partial charge in [0, 0.05) is 18.4 Å². The number of carboxylic acids is 1. The summed E-state index contributed by atoms with van der Waals surface area (Å²) >= 11 is 0. The minimum atomic E-state index is -0.992. The van der Waals surface area contributed by atoms with Gasteiger partial charge in [-0.25, -0.2) is 4.79 Å². The molecule has 34 heavy (non-hydrogen) atoms. The van der Waals surface area contributed by atoms with E-state index >= 15 is 0 Å². The molecule has 0 radical (unpaired) electrons. The zero-order chi connectivity index (χ0) is 24.5. The highest BCUT2D eigenvalue weighted by Crippen LogP contribution is 2.44. The van der Waals surface area contributed by atoms with Crippen molar-refractivity contribution in [3.8, 4) is 23.0 Å². The molecule has 0 aromatic heterocycles. The van der Waals surface area contributed by atoms with Crippen LogP contribution in [-0.4, -0.2) is 41.8 Å². The Bertz CT molecular complexity index is 1060. The lowest BCUT2D eigenvalue weighted by Gasteiger charge is -2.22. The number of hydrogen-bond acceptors (Lipinski definition) is 4. The lowest BCUT2D eigenvalue weighted by atomic mass is 9.98. The SMILES string of the molecule is CC#CCC(NC(=O)OCC1c2ccccc2-c2ccccc21)C(=O)N[C@H](CCC)CC(=O)O. The van der Waals surface area contributed by atoms with Crippen LogP contribution in [0, 0.1) is 11.8 Å². The van der Waals surface area contributed by atoms with Crippen LogP contribution in [-0.2, 0) is 14.3 Å². The quantitative estimate of drug-likeness (QED) is 0.462. The van der Waals surface area contributed by atoms with Gasteiger partial charge in [-0.1, -0.05) is 61.9 Å². The number of alkyl carbamates (subject to hydrolysis) is 1. The number of ether oxygens (including phenoxy) is 1. The van der Waals surface area contributed by atoms with Crippen molar-refractivity contribution < 1.29 is 24.2 Å². The first-order valence-electron chi connectivity index (χ1n) is 11.5. The van der Waals surface area contributed by atoms with Gasteiger partial charge in [0.05, 0.1) is 6.42 Å². The van der Waals surface area contributed by atoms with E-state index in [1.165, 1.54) is 0 Å². The smallest absolute Gasteiger partial charge is 0.407 e. The molecule has 0 saturated carbocycles. The molecule has 0 fully saturated rings. The maximum Gasteiger partial charge on any atom is 0.407 e. The molecule has 0 saturated heterocycles. The van der Waals surface area contributed by atoms with E-state index in [-0.39, 0.29) is 25.4 Å². The van der Waals surface area contributed by atoms with Gasteiger partial charge in [0.2, 0.25) is 5.91 Å². The average molecular weight is 463 g/mol. The molecule has 178 valence electrons. The van der Waals surface area contributed by atoms with Gasteiger partial charge in [-0.15, -0.1) is 11.8 Å². The van der Waals surface area contributed by atoms with Crippen molar-refractivity contribution in [2.75, 3.05) is 6.61 Å². The first-order chi connectivity index (χ1) is 16.4. The Morgan fingerprint density at radius 3 is 2.21 bits per heavy atom. The number of carbonyl (C=O) groups excluding carboxylic acids is 2. The molecule has 0 aliphatic heterocycles. The second-order valence-corrected chi connectivity index (χ2v) is 8.25. The fourth-order valence-corrected chi connectivity index (χ4v) is 4.28. The molecule has 0 bridgehead atoms. The Labute approximate surface area is 199 Å². The molecular weight excluding hydrogens is 432 g/mol. The third kappa shape index (κ3) is 6.16. The van der Waals surface area contributed by atoms with Crippen molar-refractivity contribution in [2.45, 2.75) is 57.5 Å². The fraction of sp³-hybridized carbons (Fsp3) is 0.370. The van der Waals surface area contributed by atoms with E-state index in [9.17, 15) is 14.4 Å². The first-order valence-corrected chi connectivity index (χ1v) is 11.5. The number of hydrogen-bond donors (Lipinski definition) is 3. The number of amides is 2. The topological polar surface area (TPSA) is 105 Å². The van der Waals surface area contributed by atoms with Crippen LogP contribution in [0.5, 0.6) is 0 Å². The van der Waals surface area contributed by atoms with Gasteiger partial charge in [-0.05, 0) is 35.6 Å². The maximum absolute atomic E-state index is 12.8. The van der Waals surface area contributed by atoms with E-state index in [0.29, 0.717) is 6.42 Å². The lowest BCUT2D eigenvalue weighted by Crippen LogP contribution is -2.50. The van der Waals surface area contributed by atoms with Crippen LogP contribution in [0.25, 0.3) is 11.1 Å². The highest BCUT2D eigenvalue weighted by atomic mass is 16.5. The van der Waals surface area contributed by atoms with Crippen LogP contribution in [0.2, 0.25) is 0 Å². The summed E-state index contributed by atoms with van der Waals surface area (Å²) in [5.41, 5.74) is 4.45. The van der Waals surface area contributed by atoms with E-state index in [1.807, 2.05) is 43.3 Å². The van der Waals surface area contributed by atoms with E-state index in [2.05, 4.69) is 34.6 Å². The third-order valence-electron chi connectivity index (χ3n) is 5.84. The number of carbonyl (C=O) groups is 3. The average Bonchev–Trinajstić information content (AvgIpc) is 3.14. The van der Waals surface area contributed by atoms with Crippen molar-refractivity contribution in [1.82, 2.24) is 10.6 Å². The minimum Gasteiger partial charge on any atom is -0.481 e. The second-order valence-electron chi connectivity index (χ2n) is 8.25. The highest BCUT2D eigenvalue weighted by molar-refractivity contribution is 5.86. The zero-order valence-corrected chi connectivity index (χ0v) is 19.5. The Hall–Kier alpha value is -3.79. The minimum absolute atomic E-state index is 0.0923. The van der Waals surface area contributed by atoms with Crippen LogP contribution < -0.4 is 10.6 Å². The monoisotopic (exact) mass is 462 g/mol. The van der Waals surface area contributed by atoms with Gasteiger partial charge >= 0.3 is 12.1 Å². The van der Waals surface area contributed by atoms with Crippen molar-refractivity contribution in [1.29, 1.82) is 0 Å². The van der Waals surface area contributed by atoms with Crippen LogP contribution >= 0.6 is 0 Å². The summed E-state index contributed by atoms with van der Waals surface area (Å²) in [7, 11) is 0. The van der Waals surface area contributed by atoms with E-state index in [0.717, 1.165) is 28.7 Å². The summed E-state index contributed by atoms with van der Waals surface area (Å²) in [4.78, 5) is 36.5. The van der Waals surface area contributed by atoms with E-state index in [4.69, 9.17) is 9.84 Å². The van der Waals surface area contributed by atoms with Crippen molar-refractivity contribution in [2.24, 2.45) is 0 Å². The predicted molar refractivity (Wildman–Crippen MR) is 129 cm³/mol. The lowest BCUT2D eigenvalue weighted by molar-refractivity contribution is -0.137. The Kier molecular flexibility index (Phi) is 8.69. The summed E-state index contributed by atoms with van der Waals surface area (Å²) in [6.07, 6.45) is 0.437. The van der Waals surface area contributed by atoms with E-state index in [1.54, 1.807) is 6.92 Å². The molecular formula is C27H30N2O5. The van der Waals surface area contributed by atoms with Gasteiger partial charge in [0.1, 0.15) is 12.6 Å². The molecule has 1 unspecified atom stereocenters. The van der Waals surface area contributed by atoms with Gasteiger partial charge in [-0.2, -0.15) is 0 Å². The predicted octanol–water partition coefficient (Wildman–Crippen LogP) is 4.07. The Morgan fingerprint density at radius 1 is 1.03 bits per heavy atom. The van der Waals surface area contributed by atoms with Crippen LogP contribution in [0.3, 0.4) is 0 Å². The molecule has 2 atom stereocenters. The number of nitrogens with one attached hydrogen (secondary N) is 2. The molecule has 0 heterocycles. The third-order valence-corrected chi connectivity index (χ3v) is 5.84. The maximum atomic E-state index is 12.8.